The van der Waals surface area contributed by atoms with Crippen LogP contribution in [-0.4, -0.2) is 33.4 Å². The number of hydrogen-bond acceptors (Lipinski definition) is 7. The van der Waals surface area contributed by atoms with Crippen molar-refractivity contribution in [1.82, 2.24) is 19.7 Å². The molecule has 2 aromatic heterocycles. The highest BCUT2D eigenvalue weighted by Crippen LogP contribution is 2.32. The van der Waals surface area contributed by atoms with Gasteiger partial charge in [0, 0.05) is 29.6 Å². The van der Waals surface area contributed by atoms with Crippen molar-refractivity contribution in [2.45, 2.75) is 44.0 Å². The number of rotatable bonds is 4. The van der Waals surface area contributed by atoms with E-state index < -0.39 is 15.1 Å². The molecule has 0 fully saturated rings. The summed E-state index contributed by atoms with van der Waals surface area (Å²) >= 11 is 0. The van der Waals surface area contributed by atoms with E-state index >= 15 is 0 Å². The SMILES string of the molecule is CC(C)n1cc(-c2cnc(N)nc2N)c(S(=O)(=O)C(C)C)n1. The first kappa shape index (κ1) is 16.2. The van der Waals surface area contributed by atoms with Gasteiger partial charge in [-0.05, 0) is 27.7 Å². The molecule has 9 heteroatoms. The molecule has 120 valence electrons. The topological polar surface area (TPSA) is 130 Å². The zero-order chi connectivity index (χ0) is 16.7. The molecule has 0 aromatic carbocycles. The fraction of sp³-hybridized carbons (Fsp3) is 0.462. The minimum absolute atomic E-state index is 0.00536. The standard InChI is InChI=1S/C13H20N6O2S/c1-7(2)19-6-10(9-5-16-13(15)17-11(9)14)12(18-19)22(20,21)8(3)4/h5-8H,1-4H3,(H4,14,15,16,17). The molecule has 0 aliphatic heterocycles. The number of hydrogen-bond donors (Lipinski definition) is 2. The summed E-state index contributed by atoms with van der Waals surface area (Å²) in [5, 5.41) is 3.61. The average Bonchev–Trinajstić information content (AvgIpc) is 2.84. The van der Waals surface area contributed by atoms with Crippen molar-refractivity contribution in [1.29, 1.82) is 0 Å². The lowest BCUT2D eigenvalue weighted by Crippen LogP contribution is -2.16. The zero-order valence-electron chi connectivity index (χ0n) is 13.0. The summed E-state index contributed by atoms with van der Waals surface area (Å²) in [6, 6.07) is 0.00536. The van der Waals surface area contributed by atoms with Crippen molar-refractivity contribution >= 4 is 21.6 Å². The van der Waals surface area contributed by atoms with Crippen LogP contribution in [0.2, 0.25) is 0 Å². The first-order valence-electron chi connectivity index (χ1n) is 6.86. The number of aromatic nitrogens is 4. The Labute approximate surface area is 129 Å². The lowest BCUT2D eigenvalue weighted by atomic mass is 10.2. The maximum Gasteiger partial charge on any atom is 0.221 e. The molecule has 0 radical (unpaired) electrons. The van der Waals surface area contributed by atoms with Crippen LogP contribution in [0.4, 0.5) is 11.8 Å². The van der Waals surface area contributed by atoms with Crippen molar-refractivity contribution in [3.05, 3.63) is 12.4 Å². The Morgan fingerprint density at radius 2 is 1.77 bits per heavy atom. The number of anilines is 2. The first-order valence-corrected chi connectivity index (χ1v) is 8.40. The van der Waals surface area contributed by atoms with Gasteiger partial charge in [-0.25, -0.2) is 13.4 Å². The van der Waals surface area contributed by atoms with Gasteiger partial charge < -0.3 is 11.5 Å². The van der Waals surface area contributed by atoms with Crippen LogP contribution in [0.1, 0.15) is 33.7 Å². The van der Waals surface area contributed by atoms with Crippen molar-refractivity contribution < 1.29 is 8.42 Å². The predicted molar refractivity (Wildman–Crippen MR) is 84.8 cm³/mol. The predicted octanol–water partition coefficient (Wildman–Crippen LogP) is 1.27. The van der Waals surface area contributed by atoms with E-state index in [-0.39, 0.29) is 22.8 Å². The molecule has 0 saturated carbocycles. The van der Waals surface area contributed by atoms with E-state index in [4.69, 9.17) is 11.5 Å². The van der Waals surface area contributed by atoms with Crippen LogP contribution < -0.4 is 11.5 Å². The molecule has 0 saturated heterocycles. The number of nitrogen functional groups attached to an aromatic ring is 2. The summed E-state index contributed by atoms with van der Waals surface area (Å²) in [5.41, 5.74) is 12.1. The summed E-state index contributed by atoms with van der Waals surface area (Å²) in [5.74, 6) is 0.154. The quantitative estimate of drug-likeness (QED) is 0.866. The fourth-order valence-electron chi connectivity index (χ4n) is 1.87. The van der Waals surface area contributed by atoms with Crippen LogP contribution in [-0.2, 0) is 9.84 Å². The van der Waals surface area contributed by atoms with E-state index in [0.29, 0.717) is 11.1 Å². The molecular weight excluding hydrogens is 304 g/mol. The molecule has 0 bridgehead atoms. The number of nitrogens with two attached hydrogens (primary N) is 2. The summed E-state index contributed by atoms with van der Waals surface area (Å²) in [6.07, 6.45) is 3.06. The lowest BCUT2D eigenvalue weighted by Gasteiger charge is -2.08. The van der Waals surface area contributed by atoms with E-state index in [1.165, 1.54) is 6.20 Å². The third-order valence-corrected chi connectivity index (χ3v) is 5.33. The average molecular weight is 324 g/mol. The fourth-order valence-corrected chi connectivity index (χ4v) is 3.00. The molecule has 2 aromatic rings. The highest BCUT2D eigenvalue weighted by molar-refractivity contribution is 7.92. The molecule has 0 unspecified atom stereocenters. The second-order valence-corrected chi connectivity index (χ2v) is 7.96. The number of nitrogens with zero attached hydrogens (tertiary/aromatic N) is 4. The molecule has 8 nitrogen and oxygen atoms in total. The molecule has 0 spiro atoms. The van der Waals surface area contributed by atoms with Gasteiger partial charge in [0.1, 0.15) is 5.82 Å². The van der Waals surface area contributed by atoms with Gasteiger partial charge in [0.15, 0.2) is 14.9 Å². The van der Waals surface area contributed by atoms with Crippen molar-refractivity contribution in [3.8, 4) is 11.1 Å². The van der Waals surface area contributed by atoms with Crippen LogP contribution in [0.5, 0.6) is 0 Å². The van der Waals surface area contributed by atoms with Crippen molar-refractivity contribution in [3.63, 3.8) is 0 Å². The second-order valence-electron chi connectivity index (χ2n) is 5.54. The molecule has 4 N–H and O–H groups in total. The molecule has 0 aliphatic carbocycles. The molecule has 22 heavy (non-hydrogen) atoms. The third-order valence-electron chi connectivity index (χ3n) is 3.24. The van der Waals surface area contributed by atoms with Crippen LogP contribution in [0, 0.1) is 0 Å². The Hall–Kier alpha value is -2.16. The van der Waals surface area contributed by atoms with E-state index in [0.717, 1.165) is 0 Å². The maximum absolute atomic E-state index is 12.6. The van der Waals surface area contributed by atoms with Crippen LogP contribution in [0.25, 0.3) is 11.1 Å². The van der Waals surface area contributed by atoms with Crippen molar-refractivity contribution in [2.24, 2.45) is 0 Å². The Kier molecular flexibility index (Phi) is 4.10. The van der Waals surface area contributed by atoms with Gasteiger partial charge in [-0.2, -0.15) is 10.1 Å². The van der Waals surface area contributed by atoms with Gasteiger partial charge in [-0.15, -0.1) is 0 Å². The smallest absolute Gasteiger partial charge is 0.221 e. The van der Waals surface area contributed by atoms with Gasteiger partial charge in [0.25, 0.3) is 0 Å². The van der Waals surface area contributed by atoms with Gasteiger partial charge in [0.2, 0.25) is 5.95 Å². The van der Waals surface area contributed by atoms with Gasteiger partial charge in [-0.3, -0.25) is 4.68 Å². The van der Waals surface area contributed by atoms with Crippen molar-refractivity contribution in [2.75, 3.05) is 11.5 Å². The molecule has 2 rings (SSSR count). The van der Waals surface area contributed by atoms with E-state index in [9.17, 15) is 8.42 Å². The molecule has 2 heterocycles. The van der Waals surface area contributed by atoms with Crippen LogP contribution >= 0.6 is 0 Å². The van der Waals surface area contributed by atoms with E-state index in [2.05, 4.69) is 15.1 Å². The Morgan fingerprint density at radius 3 is 2.27 bits per heavy atom. The lowest BCUT2D eigenvalue weighted by molar-refractivity contribution is 0.515. The Morgan fingerprint density at radius 1 is 1.14 bits per heavy atom. The highest BCUT2D eigenvalue weighted by Gasteiger charge is 2.29. The molecule has 0 amide bonds. The van der Waals surface area contributed by atoms with Crippen LogP contribution in [0.3, 0.4) is 0 Å². The van der Waals surface area contributed by atoms with Crippen LogP contribution in [0.15, 0.2) is 17.4 Å². The summed E-state index contributed by atoms with van der Waals surface area (Å²) < 4.78 is 26.7. The highest BCUT2D eigenvalue weighted by atomic mass is 32.2. The maximum atomic E-state index is 12.6. The molecule has 0 atom stereocenters. The zero-order valence-corrected chi connectivity index (χ0v) is 13.8. The third kappa shape index (κ3) is 2.76. The van der Waals surface area contributed by atoms with Gasteiger partial charge in [-0.1, -0.05) is 0 Å². The largest absolute Gasteiger partial charge is 0.383 e. The summed E-state index contributed by atoms with van der Waals surface area (Å²) in [4.78, 5) is 7.78. The normalized spacial score (nSPS) is 12.3. The van der Waals surface area contributed by atoms with E-state index in [1.54, 1.807) is 24.7 Å². The minimum Gasteiger partial charge on any atom is -0.383 e. The Balaban J connectivity index is 2.74. The van der Waals surface area contributed by atoms with Gasteiger partial charge in [0.05, 0.1) is 5.25 Å². The summed E-state index contributed by atoms with van der Waals surface area (Å²) in [6.45, 7) is 7.03. The summed E-state index contributed by atoms with van der Waals surface area (Å²) in [7, 11) is -3.57. The second kappa shape index (κ2) is 5.56. The number of sulfone groups is 1. The van der Waals surface area contributed by atoms with E-state index in [1.807, 2.05) is 13.8 Å². The molecule has 0 aliphatic rings. The molecular formula is C13H20N6O2S. The first-order chi connectivity index (χ1) is 10.1. The minimum atomic E-state index is -3.57. The van der Waals surface area contributed by atoms with Gasteiger partial charge >= 0.3 is 0 Å². The monoisotopic (exact) mass is 324 g/mol. The Bertz CT molecular complexity index is 795.